The maximum atomic E-state index is 14.3. The summed E-state index contributed by atoms with van der Waals surface area (Å²) in [6, 6.07) is 43.5. The smallest absolute Gasteiger partial charge is 0.416 e. The van der Waals surface area contributed by atoms with Crippen molar-refractivity contribution in [3.05, 3.63) is 169 Å². The molecule has 3 heterocycles. The molecule has 5 nitrogen and oxygen atoms in total. The summed E-state index contributed by atoms with van der Waals surface area (Å²) in [5, 5.41) is 2.46. The number of halogens is 6. The van der Waals surface area contributed by atoms with Gasteiger partial charge >= 0.3 is 12.4 Å². The van der Waals surface area contributed by atoms with Crippen LogP contribution in [0.4, 0.5) is 26.3 Å². The van der Waals surface area contributed by atoms with E-state index in [9.17, 15) is 26.3 Å². The molecule has 282 valence electrons. The lowest BCUT2D eigenvalue weighted by Gasteiger charge is -2.17. The normalized spacial score (nSPS) is 12.3. The zero-order valence-electron chi connectivity index (χ0n) is 30.0. The number of para-hydroxylation sites is 2. The SMILES string of the molecule is FC(F)(F)c1ccc2c3ccc(C(F)(F)F)cc3n(-c3ccc(-c4cccc5c4oc4ccccc45)cc3-c3nc(-c4ccccc4)nc(-c4ccccc4)n3)c2c1. The Morgan fingerprint density at radius 3 is 1.53 bits per heavy atom. The lowest BCUT2D eigenvalue weighted by molar-refractivity contribution is -0.138. The van der Waals surface area contributed by atoms with Gasteiger partial charge in [0.2, 0.25) is 0 Å². The molecule has 0 amide bonds. The van der Waals surface area contributed by atoms with Crippen LogP contribution in [-0.4, -0.2) is 19.5 Å². The standard InChI is InChI=1S/C47H26F6N4O/c48-46(49,50)30-19-21-33-34-22-20-31(47(51,52)53)26-40(34)57(39(33)25-30)38-23-18-29(32-15-9-16-36-35-14-7-8-17-41(35)58-42(32)36)24-37(38)45-55-43(27-10-3-1-4-11-27)54-44(56-45)28-12-5-2-6-13-28/h1-26H. The average molecular weight is 777 g/mol. The minimum atomic E-state index is -4.73. The molecule has 0 saturated carbocycles. The molecule has 0 aliphatic heterocycles. The van der Waals surface area contributed by atoms with E-state index in [0.717, 1.165) is 35.0 Å². The summed E-state index contributed by atoms with van der Waals surface area (Å²) in [4.78, 5) is 14.7. The molecule has 0 saturated heterocycles. The van der Waals surface area contributed by atoms with E-state index in [0.29, 0.717) is 61.4 Å². The summed E-state index contributed by atoms with van der Waals surface area (Å²) in [5.74, 6) is 0.789. The number of hydrogen-bond donors (Lipinski definition) is 0. The lowest BCUT2D eigenvalue weighted by atomic mass is 9.98. The average Bonchev–Trinajstić information content (AvgIpc) is 3.78. The maximum Gasteiger partial charge on any atom is 0.416 e. The number of alkyl halides is 6. The van der Waals surface area contributed by atoms with E-state index < -0.39 is 23.5 Å². The molecular formula is C47H26F6N4O. The second kappa shape index (κ2) is 13.2. The highest BCUT2D eigenvalue weighted by Gasteiger charge is 2.34. The Morgan fingerprint density at radius 1 is 0.414 bits per heavy atom. The Morgan fingerprint density at radius 2 is 0.948 bits per heavy atom. The molecule has 0 aliphatic rings. The summed E-state index contributed by atoms with van der Waals surface area (Å²) < 4.78 is 93.8. The Bertz CT molecular complexity index is 3080. The van der Waals surface area contributed by atoms with E-state index in [4.69, 9.17) is 19.4 Å². The largest absolute Gasteiger partial charge is 0.455 e. The molecule has 0 fully saturated rings. The van der Waals surface area contributed by atoms with Crippen molar-refractivity contribution in [2.75, 3.05) is 0 Å². The lowest BCUT2D eigenvalue weighted by Crippen LogP contribution is -2.07. The van der Waals surface area contributed by atoms with Gasteiger partial charge in [-0.1, -0.05) is 115 Å². The first kappa shape index (κ1) is 35.2. The van der Waals surface area contributed by atoms with Crippen LogP contribution in [0.15, 0.2) is 162 Å². The molecule has 0 bridgehead atoms. The Balaban J connectivity index is 1.33. The van der Waals surface area contributed by atoms with Crippen LogP contribution in [0.25, 0.3) is 94.7 Å². The molecule has 0 N–H and O–H groups in total. The summed E-state index contributed by atoms with van der Waals surface area (Å²) in [6.45, 7) is 0. The van der Waals surface area contributed by atoms with Crippen LogP contribution >= 0.6 is 0 Å². The second-order valence-electron chi connectivity index (χ2n) is 13.8. The predicted molar refractivity (Wildman–Crippen MR) is 213 cm³/mol. The number of benzene rings is 7. The minimum absolute atomic E-state index is 0.0538. The number of furan rings is 1. The van der Waals surface area contributed by atoms with Gasteiger partial charge in [-0.25, -0.2) is 15.0 Å². The van der Waals surface area contributed by atoms with Gasteiger partial charge in [0.1, 0.15) is 11.2 Å². The van der Waals surface area contributed by atoms with E-state index >= 15 is 0 Å². The van der Waals surface area contributed by atoms with Gasteiger partial charge in [-0.2, -0.15) is 26.3 Å². The zero-order valence-corrected chi connectivity index (χ0v) is 30.0. The Labute approximate surface area is 325 Å². The van der Waals surface area contributed by atoms with Crippen LogP contribution in [0.3, 0.4) is 0 Å². The molecule has 0 unspecified atom stereocenters. The topological polar surface area (TPSA) is 56.7 Å². The highest BCUT2D eigenvalue weighted by molar-refractivity contribution is 6.11. The summed E-state index contributed by atoms with van der Waals surface area (Å²) >= 11 is 0. The van der Waals surface area contributed by atoms with E-state index in [1.807, 2.05) is 103 Å². The number of hydrogen-bond acceptors (Lipinski definition) is 4. The van der Waals surface area contributed by atoms with Crippen molar-refractivity contribution in [2.45, 2.75) is 12.4 Å². The van der Waals surface area contributed by atoms with Gasteiger partial charge in [-0.3, -0.25) is 0 Å². The maximum absolute atomic E-state index is 14.3. The molecule has 10 rings (SSSR count). The number of fused-ring (bicyclic) bond motifs is 6. The predicted octanol–water partition coefficient (Wildman–Crippen LogP) is 13.6. The van der Waals surface area contributed by atoms with Crippen LogP contribution in [0.2, 0.25) is 0 Å². The molecule has 0 atom stereocenters. The van der Waals surface area contributed by atoms with Gasteiger partial charge in [0.15, 0.2) is 17.5 Å². The molecule has 0 aliphatic carbocycles. The minimum Gasteiger partial charge on any atom is -0.455 e. The quantitative estimate of drug-likeness (QED) is 0.163. The van der Waals surface area contributed by atoms with Gasteiger partial charge < -0.3 is 8.98 Å². The zero-order chi connectivity index (χ0) is 39.8. The molecule has 58 heavy (non-hydrogen) atoms. The van der Waals surface area contributed by atoms with Gasteiger partial charge in [0.25, 0.3) is 0 Å². The first-order valence-electron chi connectivity index (χ1n) is 18.2. The van der Waals surface area contributed by atoms with Gasteiger partial charge in [-0.05, 0) is 48.0 Å². The molecule has 0 radical (unpaired) electrons. The van der Waals surface area contributed by atoms with Crippen LogP contribution in [0.5, 0.6) is 0 Å². The van der Waals surface area contributed by atoms with Crippen molar-refractivity contribution in [1.29, 1.82) is 0 Å². The van der Waals surface area contributed by atoms with Crippen LogP contribution in [0.1, 0.15) is 11.1 Å². The van der Waals surface area contributed by atoms with E-state index in [1.165, 1.54) is 16.7 Å². The fraction of sp³-hybridized carbons (Fsp3) is 0.0426. The molecule has 10 aromatic rings. The van der Waals surface area contributed by atoms with Crippen LogP contribution in [0, 0.1) is 0 Å². The van der Waals surface area contributed by atoms with Gasteiger partial charge in [0.05, 0.1) is 27.8 Å². The molecule has 3 aromatic heterocycles. The number of rotatable bonds is 5. The van der Waals surface area contributed by atoms with Gasteiger partial charge in [0, 0.05) is 43.8 Å². The Hall–Kier alpha value is -7.27. The third-order valence-electron chi connectivity index (χ3n) is 10.3. The van der Waals surface area contributed by atoms with E-state index in [-0.39, 0.29) is 22.5 Å². The summed E-state index contributed by atoms with van der Waals surface area (Å²) in [5.41, 5.74) is 2.79. The molecule has 0 spiro atoms. The van der Waals surface area contributed by atoms with Gasteiger partial charge in [-0.15, -0.1) is 0 Å². The molecule has 11 heteroatoms. The molecule has 7 aromatic carbocycles. The van der Waals surface area contributed by atoms with Crippen LogP contribution in [-0.2, 0) is 12.4 Å². The van der Waals surface area contributed by atoms with E-state index in [2.05, 4.69) is 0 Å². The first-order chi connectivity index (χ1) is 28.0. The highest BCUT2D eigenvalue weighted by atomic mass is 19.4. The van der Waals surface area contributed by atoms with E-state index in [1.54, 1.807) is 18.2 Å². The fourth-order valence-corrected chi connectivity index (χ4v) is 7.61. The van der Waals surface area contributed by atoms with Crippen molar-refractivity contribution in [2.24, 2.45) is 0 Å². The third kappa shape index (κ3) is 5.94. The van der Waals surface area contributed by atoms with Crippen molar-refractivity contribution >= 4 is 43.7 Å². The Kier molecular flexibility index (Phi) is 7.98. The fourth-order valence-electron chi connectivity index (χ4n) is 7.61. The second-order valence-corrected chi connectivity index (χ2v) is 13.8. The summed E-state index contributed by atoms with van der Waals surface area (Å²) in [7, 11) is 0. The van der Waals surface area contributed by atoms with Crippen molar-refractivity contribution < 1.29 is 30.8 Å². The number of aromatic nitrogens is 4. The van der Waals surface area contributed by atoms with Crippen molar-refractivity contribution in [3.63, 3.8) is 0 Å². The number of nitrogens with zero attached hydrogens (tertiary/aromatic N) is 4. The van der Waals surface area contributed by atoms with Crippen molar-refractivity contribution in [3.8, 4) is 51.0 Å². The van der Waals surface area contributed by atoms with Crippen molar-refractivity contribution in [1.82, 2.24) is 19.5 Å². The highest BCUT2D eigenvalue weighted by Crippen LogP contribution is 2.43. The van der Waals surface area contributed by atoms with Crippen LogP contribution < -0.4 is 0 Å². The monoisotopic (exact) mass is 776 g/mol. The third-order valence-corrected chi connectivity index (χ3v) is 10.3. The first-order valence-corrected chi connectivity index (χ1v) is 18.2. The summed E-state index contributed by atoms with van der Waals surface area (Å²) in [6.07, 6.45) is -9.46. The molecular weight excluding hydrogens is 751 g/mol.